The van der Waals surface area contributed by atoms with E-state index < -0.39 is 0 Å². The summed E-state index contributed by atoms with van der Waals surface area (Å²) in [6.45, 7) is 0. The summed E-state index contributed by atoms with van der Waals surface area (Å²) in [6.07, 6.45) is 0. The van der Waals surface area contributed by atoms with Gasteiger partial charge in [0.05, 0.1) is 0 Å². The van der Waals surface area contributed by atoms with Crippen LogP contribution in [0.4, 0.5) is 0 Å². The van der Waals surface area contributed by atoms with Gasteiger partial charge in [0.1, 0.15) is 0 Å². The van der Waals surface area contributed by atoms with Crippen LogP contribution in [0, 0.1) is 0 Å². The number of hydrogen-bond donors (Lipinski definition) is 0. The Morgan fingerprint density at radius 3 is 2.44 bits per heavy atom. The summed E-state index contributed by atoms with van der Waals surface area (Å²) in [7, 11) is 1.71. The van der Waals surface area contributed by atoms with Crippen molar-refractivity contribution in [2.75, 3.05) is 7.11 Å². The van der Waals surface area contributed by atoms with Crippen LogP contribution in [0.25, 0.3) is 0 Å². The van der Waals surface area contributed by atoms with Gasteiger partial charge >= 0.3 is 72.6 Å². The monoisotopic (exact) mass is 130 g/mol. The van der Waals surface area contributed by atoms with Crippen LogP contribution in [-0.4, -0.2) is 35.0 Å². The average Bonchev–Trinajstić information content (AvgIpc) is 1.89. The molecule has 0 N–H and O–H groups in total. The van der Waals surface area contributed by atoms with E-state index >= 15 is 0 Å². The first kappa shape index (κ1) is 7.13. The first-order chi connectivity index (χ1) is 4.34. The van der Waals surface area contributed by atoms with E-state index in [1.165, 1.54) is 2.81 Å². The van der Waals surface area contributed by atoms with Gasteiger partial charge in [-0.2, -0.15) is 0 Å². The van der Waals surface area contributed by atoms with Gasteiger partial charge in [0.25, 0.3) is 0 Å². The van der Waals surface area contributed by atoms with E-state index in [1.807, 2.05) is 18.2 Å². The molecule has 0 aliphatic carbocycles. The van der Waals surface area contributed by atoms with E-state index in [2.05, 4.69) is 6.07 Å². The van der Waals surface area contributed by atoms with E-state index in [0.717, 1.165) is 33.7 Å². The Morgan fingerprint density at radius 1 is 1.33 bits per heavy atom. The molecule has 0 fully saturated rings. The second kappa shape index (κ2) is 3.25. The molecule has 1 nitrogen and oxygen atoms in total. The molecular weight excluding hydrogens is 123 g/mol. The molecule has 0 aliphatic heterocycles. The third-order valence-electron chi connectivity index (χ3n) is 1.31. The zero-order valence-corrected chi connectivity index (χ0v) is 7.72. The number of para-hydroxylation sites is 1. The Hall–Kier alpha value is 0.0200. The van der Waals surface area contributed by atoms with E-state index in [0.29, 0.717) is 0 Å². The van der Waals surface area contributed by atoms with Crippen molar-refractivity contribution in [3.63, 3.8) is 0 Å². The number of methoxy groups -OCH3 is 1. The normalized spacial score (nSPS) is 9.22. The van der Waals surface area contributed by atoms with Crippen LogP contribution in [0.2, 0.25) is 0 Å². The van der Waals surface area contributed by atoms with E-state index in [9.17, 15) is 0 Å². The Balaban J connectivity index is 3.01. The Bertz CT molecular complexity index is 198. The maximum atomic E-state index is 5.08. The molecule has 1 aromatic carbocycles. The molecule has 2 heteroatoms. The van der Waals surface area contributed by atoms with Gasteiger partial charge in [-0.25, -0.2) is 0 Å². The van der Waals surface area contributed by atoms with Crippen LogP contribution in [-0.2, 0) is 0 Å². The Labute approximate surface area is 72.4 Å². The molecule has 1 aromatic rings. The summed E-state index contributed by atoms with van der Waals surface area (Å²) in [6, 6.07) is 8.10. The van der Waals surface area contributed by atoms with Crippen LogP contribution in [0.3, 0.4) is 0 Å². The Morgan fingerprint density at radius 2 is 2.00 bits per heavy atom. The van der Waals surface area contributed by atoms with Crippen molar-refractivity contribution in [1.29, 1.82) is 0 Å². The molecule has 0 bridgehead atoms. The molecule has 0 amide bonds. The molecule has 0 saturated carbocycles. The maximum absolute atomic E-state index is 5.08. The van der Waals surface area contributed by atoms with Crippen molar-refractivity contribution in [3.05, 3.63) is 24.3 Å². The number of rotatable bonds is 1. The SMILES string of the molecule is COc1cccc[c]1[Na]. The molecule has 0 aromatic heterocycles. The van der Waals surface area contributed by atoms with E-state index in [1.54, 1.807) is 7.11 Å². The van der Waals surface area contributed by atoms with Gasteiger partial charge < -0.3 is 0 Å². The minimum atomic E-state index is 1.02. The van der Waals surface area contributed by atoms with E-state index in [-0.39, 0.29) is 0 Å². The summed E-state index contributed by atoms with van der Waals surface area (Å²) >= 11 is 1.06. The molecule has 0 aliphatic rings. The first-order valence-corrected chi connectivity index (χ1v) is 3.94. The average molecular weight is 130 g/mol. The quantitative estimate of drug-likeness (QED) is 0.503. The van der Waals surface area contributed by atoms with Gasteiger partial charge in [-0.3, -0.25) is 0 Å². The molecule has 0 heterocycles. The van der Waals surface area contributed by atoms with Gasteiger partial charge in [0.15, 0.2) is 0 Å². The molecule has 0 radical (unpaired) electrons. The van der Waals surface area contributed by atoms with Crippen LogP contribution in [0.5, 0.6) is 5.75 Å². The number of hydrogen-bond acceptors (Lipinski definition) is 1. The summed E-state index contributed by atoms with van der Waals surface area (Å²) in [5.41, 5.74) is 0. The third kappa shape index (κ3) is 1.71. The van der Waals surface area contributed by atoms with Crippen LogP contribution >= 0.6 is 0 Å². The molecule has 1 rings (SSSR count). The Kier molecular flexibility index (Phi) is 2.58. The van der Waals surface area contributed by atoms with Gasteiger partial charge in [-0.1, -0.05) is 0 Å². The molecular formula is C7H7NaO. The van der Waals surface area contributed by atoms with Crippen LogP contribution < -0.4 is 7.55 Å². The topological polar surface area (TPSA) is 9.23 Å². The van der Waals surface area contributed by atoms with Gasteiger partial charge in [0.2, 0.25) is 0 Å². The van der Waals surface area contributed by atoms with Crippen molar-refractivity contribution in [1.82, 2.24) is 0 Å². The molecule has 9 heavy (non-hydrogen) atoms. The fourth-order valence-electron chi connectivity index (χ4n) is 0.785. The van der Waals surface area contributed by atoms with Crippen LogP contribution in [0.1, 0.15) is 0 Å². The fraction of sp³-hybridized carbons (Fsp3) is 0.143. The van der Waals surface area contributed by atoms with Crippen molar-refractivity contribution < 1.29 is 4.74 Å². The fourth-order valence-corrected chi connectivity index (χ4v) is 1.35. The second-order valence-electron chi connectivity index (χ2n) is 1.97. The van der Waals surface area contributed by atoms with Crippen molar-refractivity contribution in [2.45, 2.75) is 0 Å². The first-order valence-electron chi connectivity index (χ1n) is 2.94. The predicted octanol–water partition coefficient (Wildman–Crippen LogP) is 0.489. The molecule has 0 saturated heterocycles. The standard InChI is InChI=1S/C7H7O.Na/c1-8-7-5-3-2-4-6-7;/h2-5H,1H3;. The molecule has 0 unspecified atom stereocenters. The van der Waals surface area contributed by atoms with Crippen LogP contribution in [0.15, 0.2) is 24.3 Å². The third-order valence-corrected chi connectivity index (χ3v) is 2.14. The zero-order valence-electron chi connectivity index (χ0n) is 5.72. The predicted molar refractivity (Wildman–Crippen MR) is 38.4 cm³/mol. The number of ether oxygens (including phenoxy) is 1. The summed E-state index contributed by atoms with van der Waals surface area (Å²) in [4.78, 5) is 0. The van der Waals surface area contributed by atoms with Crippen molar-refractivity contribution in [3.8, 4) is 5.75 Å². The van der Waals surface area contributed by atoms with Gasteiger partial charge in [-0.05, 0) is 0 Å². The minimum absolute atomic E-state index is 1.02. The van der Waals surface area contributed by atoms with Gasteiger partial charge in [-0.15, -0.1) is 0 Å². The van der Waals surface area contributed by atoms with E-state index in [4.69, 9.17) is 4.74 Å². The molecule has 42 valence electrons. The number of benzene rings is 1. The van der Waals surface area contributed by atoms with Crippen molar-refractivity contribution >= 4 is 30.7 Å². The van der Waals surface area contributed by atoms with Crippen molar-refractivity contribution in [2.24, 2.45) is 0 Å². The molecule has 0 atom stereocenters. The molecule has 0 spiro atoms. The summed E-state index contributed by atoms with van der Waals surface area (Å²) in [5, 5.41) is 0. The zero-order chi connectivity index (χ0) is 6.69. The summed E-state index contributed by atoms with van der Waals surface area (Å²) < 4.78 is 6.40. The van der Waals surface area contributed by atoms with Gasteiger partial charge in [0, 0.05) is 0 Å². The summed E-state index contributed by atoms with van der Waals surface area (Å²) in [5.74, 6) is 1.02. The second-order valence-corrected chi connectivity index (χ2v) is 3.05.